The van der Waals surface area contributed by atoms with Gasteiger partial charge in [0.15, 0.2) is 0 Å². The first-order valence-electron chi connectivity index (χ1n) is 16.9. The smallest absolute Gasteiger partial charge is 0.302 e. The van der Waals surface area contributed by atoms with Gasteiger partial charge < -0.3 is 19.1 Å². The van der Waals surface area contributed by atoms with Crippen molar-refractivity contribution in [2.75, 3.05) is 0 Å². The molecule has 0 rings (SSSR count). The Morgan fingerprint density at radius 2 is 0.805 bits per heavy atom. The number of unbranched alkanes of at least 4 members (excludes halogenated alkanes) is 15. The molecule has 0 fully saturated rings. The summed E-state index contributed by atoms with van der Waals surface area (Å²) in [5.74, 6) is 0.242. The normalized spacial score (nSPS) is 12.1. The van der Waals surface area contributed by atoms with Crippen molar-refractivity contribution in [1.29, 1.82) is 0 Å². The van der Waals surface area contributed by atoms with E-state index in [1.54, 1.807) is 13.8 Å². The van der Waals surface area contributed by atoms with Crippen LogP contribution in [0.1, 0.15) is 189 Å². The highest BCUT2D eigenvalue weighted by atomic mass is 16.5. The molecular weight excluding hydrogens is 516 g/mol. The quantitative estimate of drug-likeness (QED) is 0.0707. The first-order valence-corrected chi connectivity index (χ1v) is 16.9. The van der Waals surface area contributed by atoms with Crippen molar-refractivity contribution in [3.05, 3.63) is 0 Å². The lowest BCUT2D eigenvalue weighted by Gasteiger charge is -2.17. The van der Waals surface area contributed by atoms with Gasteiger partial charge in [0, 0.05) is 26.7 Å². The summed E-state index contributed by atoms with van der Waals surface area (Å²) in [7, 11) is 0. The molecule has 0 aliphatic rings. The van der Waals surface area contributed by atoms with Crippen molar-refractivity contribution >= 4 is 23.5 Å². The fraction of sp³-hybridized carbons (Fsp3) is 0.886. The predicted octanol–water partition coefficient (Wildman–Crippen LogP) is 10.0. The Labute approximate surface area is 253 Å². The Morgan fingerprint density at radius 1 is 0.463 bits per heavy atom. The largest absolute Gasteiger partial charge is 0.463 e. The third-order valence-corrected chi connectivity index (χ3v) is 7.27. The van der Waals surface area contributed by atoms with Crippen molar-refractivity contribution < 1.29 is 28.7 Å². The number of hydrogen-bond donors (Lipinski definition) is 0. The van der Waals surface area contributed by atoms with Crippen LogP contribution < -0.4 is 0 Å². The number of rotatable bonds is 27. The summed E-state index contributed by atoms with van der Waals surface area (Å²) in [5.41, 5.74) is 0. The molecule has 0 aliphatic heterocycles. The summed E-state index contributed by atoms with van der Waals surface area (Å²) in [6.07, 6.45) is 26.1. The maximum Gasteiger partial charge on any atom is 0.302 e. The molecule has 0 radical (unpaired) electrons. The fourth-order valence-corrected chi connectivity index (χ4v) is 4.96. The third-order valence-electron chi connectivity index (χ3n) is 7.27. The molecule has 6 heteroatoms. The van der Waals surface area contributed by atoms with Gasteiger partial charge in [-0.1, -0.05) is 90.4 Å². The molecule has 0 N–H and O–H groups in total. The lowest BCUT2D eigenvalue weighted by molar-refractivity contribution is -0.147. The Kier molecular flexibility index (Phi) is 31.5. The highest BCUT2D eigenvalue weighted by Gasteiger charge is 2.11. The lowest BCUT2D eigenvalue weighted by Crippen LogP contribution is -2.16. The van der Waals surface area contributed by atoms with E-state index in [0.29, 0.717) is 18.0 Å². The molecule has 2 atom stereocenters. The molecule has 0 aromatic heterocycles. The van der Waals surface area contributed by atoms with Crippen molar-refractivity contribution in [3.8, 4) is 0 Å². The van der Waals surface area contributed by atoms with Crippen LogP contribution in [0.3, 0.4) is 0 Å². The van der Waals surface area contributed by atoms with Gasteiger partial charge in [0.25, 0.3) is 0 Å². The van der Waals surface area contributed by atoms with Crippen LogP contribution >= 0.6 is 0 Å². The zero-order chi connectivity index (χ0) is 31.1. The number of ketones is 2. The predicted molar refractivity (Wildman–Crippen MR) is 170 cm³/mol. The molecule has 2 unspecified atom stereocenters. The summed E-state index contributed by atoms with van der Waals surface area (Å²) in [6.45, 7) is 10.5. The summed E-state index contributed by atoms with van der Waals surface area (Å²) in [4.78, 5) is 43.5. The minimum absolute atomic E-state index is 0.0465. The lowest BCUT2D eigenvalue weighted by atomic mass is 10.0. The molecule has 0 spiro atoms. The van der Waals surface area contributed by atoms with Crippen LogP contribution in [-0.4, -0.2) is 35.7 Å². The molecule has 0 heterocycles. The van der Waals surface area contributed by atoms with E-state index in [2.05, 4.69) is 6.92 Å². The molecule has 0 bridgehead atoms. The van der Waals surface area contributed by atoms with Crippen LogP contribution in [0.5, 0.6) is 0 Å². The molecule has 6 nitrogen and oxygen atoms in total. The second-order valence-electron chi connectivity index (χ2n) is 11.9. The van der Waals surface area contributed by atoms with E-state index < -0.39 is 0 Å². The minimum atomic E-state index is -0.193. The number of hydrogen-bond acceptors (Lipinski definition) is 6. The standard InChI is InChI=1S/C21H40O3.C14H26O3/c1-4-5-6-7-8-11-14-17-21(24-20(3)23)18-15-12-9-10-13-16-19(2)22;1-12(15)10-8-6-4-5-7-9-11-13(2)17-14(3)16/h21H,4-18H2,1-3H3;13H,4-11H2,1-3H3. The van der Waals surface area contributed by atoms with Gasteiger partial charge in [0.05, 0.1) is 6.10 Å². The highest BCUT2D eigenvalue weighted by molar-refractivity contribution is 5.75. The van der Waals surface area contributed by atoms with E-state index in [0.717, 1.165) is 64.2 Å². The van der Waals surface area contributed by atoms with Crippen LogP contribution in [0.25, 0.3) is 0 Å². The maximum atomic E-state index is 11.2. The minimum Gasteiger partial charge on any atom is -0.463 e. The average Bonchev–Trinajstić information content (AvgIpc) is 2.88. The van der Waals surface area contributed by atoms with Gasteiger partial charge in [0.1, 0.15) is 17.7 Å². The van der Waals surface area contributed by atoms with Gasteiger partial charge in [-0.25, -0.2) is 0 Å². The zero-order valence-corrected chi connectivity index (χ0v) is 27.9. The summed E-state index contributed by atoms with van der Waals surface area (Å²) < 4.78 is 10.5. The summed E-state index contributed by atoms with van der Waals surface area (Å²) in [5, 5.41) is 0. The molecule has 41 heavy (non-hydrogen) atoms. The topological polar surface area (TPSA) is 86.7 Å². The van der Waals surface area contributed by atoms with Gasteiger partial charge in [-0.2, -0.15) is 0 Å². The van der Waals surface area contributed by atoms with Crippen molar-refractivity contribution in [1.82, 2.24) is 0 Å². The first kappa shape index (κ1) is 41.4. The Morgan fingerprint density at radius 3 is 1.17 bits per heavy atom. The van der Waals surface area contributed by atoms with E-state index in [1.165, 1.54) is 90.9 Å². The Hall–Kier alpha value is -1.72. The summed E-state index contributed by atoms with van der Waals surface area (Å²) >= 11 is 0. The van der Waals surface area contributed by atoms with Gasteiger partial charge in [-0.05, 0) is 72.1 Å². The molecule has 0 aromatic carbocycles. The third kappa shape index (κ3) is 38.3. The maximum absolute atomic E-state index is 11.2. The van der Waals surface area contributed by atoms with Crippen LogP contribution in [0.15, 0.2) is 0 Å². The number of Topliss-reactive ketones (excluding diaryl/α,β-unsaturated/α-hetero) is 2. The molecular formula is C35H66O6. The van der Waals surface area contributed by atoms with E-state index >= 15 is 0 Å². The van der Waals surface area contributed by atoms with Crippen molar-refractivity contribution in [2.45, 2.75) is 201 Å². The van der Waals surface area contributed by atoms with E-state index in [-0.39, 0.29) is 24.1 Å². The van der Waals surface area contributed by atoms with Gasteiger partial charge in [-0.3, -0.25) is 9.59 Å². The number of carbonyl (C=O) groups excluding carboxylic acids is 4. The molecule has 0 saturated heterocycles. The van der Waals surface area contributed by atoms with Crippen LogP contribution in [0, 0.1) is 0 Å². The molecule has 0 aromatic rings. The van der Waals surface area contributed by atoms with Crippen LogP contribution in [0.4, 0.5) is 0 Å². The molecule has 242 valence electrons. The number of carbonyl (C=O) groups is 4. The molecule has 0 aliphatic carbocycles. The second kappa shape index (κ2) is 31.2. The Balaban J connectivity index is 0. The van der Waals surface area contributed by atoms with Gasteiger partial charge in [0.2, 0.25) is 0 Å². The number of ether oxygens (including phenoxy) is 2. The number of esters is 2. The average molecular weight is 583 g/mol. The zero-order valence-electron chi connectivity index (χ0n) is 27.9. The summed E-state index contributed by atoms with van der Waals surface area (Å²) in [6, 6.07) is 0. The van der Waals surface area contributed by atoms with Gasteiger partial charge >= 0.3 is 11.9 Å². The molecule has 0 amide bonds. The van der Waals surface area contributed by atoms with Crippen LogP contribution in [0.2, 0.25) is 0 Å². The van der Waals surface area contributed by atoms with Crippen molar-refractivity contribution in [3.63, 3.8) is 0 Å². The van der Waals surface area contributed by atoms with Crippen molar-refractivity contribution in [2.24, 2.45) is 0 Å². The SMILES string of the molecule is CC(=O)CCCCCCCCC(C)OC(C)=O.CCCCCCCCCC(CCCCCCCC(C)=O)OC(C)=O. The first-order chi connectivity index (χ1) is 19.6. The molecule has 0 saturated carbocycles. The van der Waals surface area contributed by atoms with E-state index in [1.807, 2.05) is 6.92 Å². The van der Waals surface area contributed by atoms with E-state index in [4.69, 9.17) is 9.47 Å². The van der Waals surface area contributed by atoms with Gasteiger partial charge in [-0.15, -0.1) is 0 Å². The van der Waals surface area contributed by atoms with Crippen LogP contribution in [-0.2, 0) is 28.7 Å². The fourth-order valence-electron chi connectivity index (χ4n) is 4.96. The Bertz CT molecular complexity index is 645. The second-order valence-corrected chi connectivity index (χ2v) is 11.9. The van der Waals surface area contributed by atoms with E-state index in [9.17, 15) is 19.2 Å². The highest BCUT2D eigenvalue weighted by Crippen LogP contribution is 2.17. The monoisotopic (exact) mass is 582 g/mol.